The first-order chi connectivity index (χ1) is 15.9. The number of hydrogen-bond acceptors (Lipinski definition) is 9. The molecule has 4 rings (SSSR count). The highest BCUT2D eigenvalue weighted by atomic mass is 32.2. The molecule has 10 nitrogen and oxygen atoms in total. The first kappa shape index (κ1) is 22.8. The smallest absolute Gasteiger partial charge is 0.273 e. The molecule has 170 valence electrons. The van der Waals surface area contributed by atoms with Crippen molar-refractivity contribution in [1.29, 1.82) is 5.26 Å². The molecule has 33 heavy (non-hydrogen) atoms. The van der Waals surface area contributed by atoms with Crippen LogP contribution in [0.3, 0.4) is 0 Å². The molecule has 1 aliphatic rings. The highest BCUT2D eigenvalue weighted by Crippen LogP contribution is 2.25. The van der Waals surface area contributed by atoms with Crippen molar-refractivity contribution in [3.8, 4) is 6.07 Å². The van der Waals surface area contributed by atoms with Gasteiger partial charge in [-0.15, -0.1) is 0 Å². The fourth-order valence-electron chi connectivity index (χ4n) is 3.63. The number of anilines is 1. The van der Waals surface area contributed by atoms with E-state index in [4.69, 9.17) is 5.26 Å². The monoisotopic (exact) mass is 484 g/mol. The number of hydrogen-bond donors (Lipinski definition) is 0. The van der Waals surface area contributed by atoms with Crippen LogP contribution in [0.1, 0.15) is 23.4 Å². The van der Waals surface area contributed by atoms with Crippen molar-refractivity contribution in [2.45, 2.75) is 17.7 Å². The molecule has 0 radical (unpaired) electrons. The summed E-state index contributed by atoms with van der Waals surface area (Å²) in [5, 5.41) is 20.8. The Bertz CT molecular complexity index is 1300. The van der Waals surface area contributed by atoms with Gasteiger partial charge in [-0.1, -0.05) is 18.2 Å². The van der Waals surface area contributed by atoms with E-state index in [9.17, 15) is 18.5 Å². The summed E-state index contributed by atoms with van der Waals surface area (Å²) in [5.41, 5.74) is 0.985. The van der Waals surface area contributed by atoms with Gasteiger partial charge in [-0.25, -0.2) is 13.4 Å². The summed E-state index contributed by atoms with van der Waals surface area (Å²) in [6, 6.07) is 14.4. The zero-order chi connectivity index (χ0) is 23.4. The molecule has 1 aromatic heterocycles. The standard InChI is InChI=1S/C21H20N6O4S2/c22-15-16-6-8-18(9-7-16)33(30,31)26-11-3-10-25(12-13-26)21-23-20(24-32-21)14-17-4-1-2-5-19(17)27(28)29/h1-2,4-9H,3,10-14H2. The van der Waals surface area contributed by atoms with Crippen LogP contribution in [0.25, 0.3) is 0 Å². The second kappa shape index (κ2) is 9.62. The maximum absolute atomic E-state index is 13.0. The van der Waals surface area contributed by atoms with Crippen LogP contribution in [0.2, 0.25) is 0 Å². The minimum atomic E-state index is -3.66. The van der Waals surface area contributed by atoms with Crippen molar-refractivity contribution >= 4 is 32.4 Å². The SMILES string of the molecule is N#Cc1ccc(S(=O)(=O)N2CCCN(c3nc(Cc4ccccc4[N+](=O)[O-])ns3)CC2)cc1. The Kier molecular flexibility index (Phi) is 6.64. The third kappa shape index (κ3) is 5.00. The van der Waals surface area contributed by atoms with E-state index in [1.54, 1.807) is 18.2 Å². The number of nitro benzene ring substituents is 1. The van der Waals surface area contributed by atoms with Gasteiger partial charge in [-0.2, -0.15) is 13.9 Å². The van der Waals surface area contributed by atoms with E-state index in [1.807, 2.05) is 11.0 Å². The van der Waals surface area contributed by atoms with Crippen molar-refractivity contribution in [3.63, 3.8) is 0 Å². The minimum absolute atomic E-state index is 0.0345. The molecule has 3 aromatic rings. The lowest BCUT2D eigenvalue weighted by molar-refractivity contribution is -0.385. The second-order valence-corrected chi connectivity index (χ2v) is 10.1. The Morgan fingerprint density at radius 1 is 1.09 bits per heavy atom. The molecule has 0 saturated carbocycles. The highest BCUT2D eigenvalue weighted by Gasteiger charge is 2.28. The van der Waals surface area contributed by atoms with Gasteiger partial charge in [-0.3, -0.25) is 10.1 Å². The zero-order valence-corrected chi connectivity index (χ0v) is 19.1. The maximum atomic E-state index is 13.0. The molecular weight excluding hydrogens is 464 g/mol. The Labute approximate surface area is 195 Å². The fraction of sp³-hybridized carbons (Fsp3) is 0.286. The van der Waals surface area contributed by atoms with Crippen LogP contribution in [0.4, 0.5) is 10.8 Å². The van der Waals surface area contributed by atoms with Gasteiger partial charge >= 0.3 is 0 Å². The number of aromatic nitrogens is 2. The van der Waals surface area contributed by atoms with Crippen LogP contribution in [0, 0.1) is 21.4 Å². The number of nitriles is 1. The zero-order valence-electron chi connectivity index (χ0n) is 17.5. The molecule has 1 fully saturated rings. The molecule has 0 bridgehead atoms. The summed E-state index contributed by atoms with van der Waals surface area (Å²) in [7, 11) is -3.66. The van der Waals surface area contributed by atoms with E-state index in [1.165, 1.54) is 46.2 Å². The lowest BCUT2D eigenvalue weighted by atomic mass is 10.1. The second-order valence-electron chi connectivity index (χ2n) is 7.44. The first-order valence-corrected chi connectivity index (χ1v) is 12.4. The quantitative estimate of drug-likeness (QED) is 0.385. The van der Waals surface area contributed by atoms with Gasteiger partial charge in [0.2, 0.25) is 15.2 Å². The predicted octanol–water partition coefficient (Wildman–Crippen LogP) is 2.81. The van der Waals surface area contributed by atoms with Crippen LogP contribution in [-0.2, 0) is 16.4 Å². The Hall–Kier alpha value is -3.40. The van der Waals surface area contributed by atoms with Crippen molar-refractivity contribution < 1.29 is 13.3 Å². The summed E-state index contributed by atoms with van der Waals surface area (Å²) >= 11 is 1.20. The molecular formula is C21H20N6O4S2. The van der Waals surface area contributed by atoms with Gasteiger partial charge < -0.3 is 4.90 Å². The van der Waals surface area contributed by atoms with Crippen LogP contribution in [0.15, 0.2) is 53.4 Å². The van der Waals surface area contributed by atoms with E-state index < -0.39 is 14.9 Å². The van der Waals surface area contributed by atoms with Crippen molar-refractivity contribution in [2.75, 3.05) is 31.1 Å². The minimum Gasteiger partial charge on any atom is -0.345 e. The lowest BCUT2D eigenvalue weighted by Gasteiger charge is -2.21. The molecule has 1 aliphatic heterocycles. The third-order valence-electron chi connectivity index (χ3n) is 5.34. The highest BCUT2D eigenvalue weighted by molar-refractivity contribution is 7.89. The maximum Gasteiger partial charge on any atom is 0.273 e. The van der Waals surface area contributed by atoms with Crippen molar-refractivity contribution in [3.05, 3.63) is 75.6 Å². The van der Waals surface area contributed by atoms with Gasteiger partial charge in [0.1, 0.15) is 5.82 Å². The summed E-state index contributed by atoms with van der Waals surface area (Å²) in [5.74, 6) is 0.496. The number of sulfonamides is 1. The van der Waals surface area contributed by atoms with Gasteiger partial charge in [0, 0.05) is 55.8 Å². The molecule has 0 amide bonds. The molecule has 1 saturated heterocycles. The molecule has 2 heterocycles. The van der Waals surface area contributed by atoms with Crippen LogP contribution in [-0.4, -0.2) is 53.2 Å². The average Bonchev–Trinajstić information content (AvgIpc) is 3.13. The third-order valence-corrected chi connectivity index (χ3v) is 8.07. The van der Waals surface area contributed by atoms with Crippen molar-refractivity contribution in [2.24, 2.45) is 0 Å². The summed E-state index contributed by atoms with van der Waals surface area (Å²) in [4.78, 5) is 17.5. The molecule has 2 aromatic carbocycles. The van der Waals surface area contributed by atoms with E-state index in [0.29, 0.717) is 54.7 Å². The predicted molar refractivity (Wildman–Crippen MR) is 123 cm³/mol. The first-order valence-electron chi connectivity index (χ1n) is 10.2. The summed E-state index contributed by atoms with van der Waals surface area (Å²) < 4.78 is 31.8. The molecule has 0 atom stereocenters. The summed E-state index contributed by atoms with van der Waals surface area (Å²) in [6.07, 6.45) is 0.870. The van der Waals surface area contributed by atoms with Crippen LogP contribution >= 0.6 is 11.5 Å². The number of nitrogens with zero attached hydrogens (tertiary/aromatic N) is 6. The Morgan fingerprint density at radius 3 is 2.58 bits per heavy atom. The van der Waals surface area contributed by atoms with E-state index in [-0.39, 0.29) is 17.0 Å². The molecule has 0 N–H and O–H groups in total. The molecule has 0 unspecified atom stereocenters. The Balaban J connectivity index is 1.45. The van der Waals surface area contributed by atoms with Crippen LogP contribution < -0.4 is 4.90 Å². The normalized spacial score (nSPS) is 15.1. The molecule has 0 aliphatic carbocycles. The van der Waals surface area contributed by atoms with E-state index in [2.05, 4.69) is 9.36 Å². The number of para-hydroxylation sites is 1. The average molecular weight is 485 g/mol. The van der Waals surface area contributed by atoms with Gasteiger partial charge in [0.25, 0.3) is 5.69 Å². The van der Waals surface area contributed by atoms with E-state index in [0.717, 1.165) is 0 Å². The topological polar surface area (TPSA) is 133 Å². The fourth-order valence-corrected chi connectivity index (χ4v) is 5.84. The van der Waals surface area contributed by atoms with Crippen LogP contribution in [0.5, 0.6) is 0 Å². The van der Waals surface area contributed by atoms with Gasteiger partial charge in [0.05, 0.1) is 21.5 Å². The largest absolute Gasteiger partial charge is 0.345 e. The van der Waals surface area contributed by atoms with E-state index >= 15 is 0 Å². The number of benzene rings is 2. The Morgan fingerprint density at radius 2 is 1.85 bits per heavy atom. The number of rotatable bonds is 6. The van der Waals surface area contributed by atoms with Gasteiger partial charge in [0.15, 0.2) is 0 Å². The summed E-state index contributed by atoms with van der Waals surface area (Å²) in [6.45, 7) is 1.75. The lowest BCUT2D eigenvalue weighted by Crippen LogP contribution is -2.35. The number of nitro groups is 1. The van der Waals surface area contributed by atoms with Crippen molar-refractivity contribution in [1.82, 2.24) is 13.7 Å². The van der Waals surface area contributed by atoms with Gasteiger partial charge in [-0.05, 0) is 30.7 Å². The molecule has 12 heteroatoms. The molecule has 0 spiro atoms.